The van der Waals surface area contributed by atoms with Crippen molar-refractivity contribution in [1.29, 1.82) is 0 Å². The Hall–Kier alpha value is -2.30. The van der Waals surface area contributed by atoms with Crippen molar-refractivity contribution in [3.8, 4) is 11.5 Å². The van der Waals surface area contributed by atoms with Crippen LogP contribution >= 0.6 is 0 Å². The first-order valence-corrected chi connectivity index (χ1v) is 10.8. The molecule has 0 aromatic heterocycles. The van der Waals surface area contributed by atoms with Gasteiger partial charge in [-0.15, -0.1) is 0 Å². The summed E-state index contributed by atoms with van der Waals surface area (Å²) in [6.45, 7) is 2.12. The molecule has 0 saturated carbocycles. The highest BCUT2D eigenvalue weighted by Gasteiger charge is 2.23. The minimum atomic E-state index is -4.28. The van der Waals surface area contributed by atoms with Crippen LogP contribution in [0.15, 0.2) is 29.2 Å². The lowest BCUT2D eigenvalue weighted by atomic mass is 9.98. The van der Waals surface area contributed by atoms with Crippen LogP contribution in [0.1, 0.15) is 17.5 Å². The van der Waals surface area contributed by atoms with Crippen LogP contribution in [0, 0.1) is 17.5 Å². The molecule has 0 amide bonds. The molecule has 0 aliphatic carbocycles. The monoisotopic (exact) mass is 444 g/mol. The maximum Gasteiger partial charge on any atom is 0.243 e. The highest BCUT2D eigenvalue weighted by Crippen LogP contribution is 2.33. The van der Waals surface area contributed by atoms with Gasteiger partial charge in [0.05, 0.1) is 14.2 Å². The van der Waals surface area contributed by atoms with E-state index in [0.29, 0.717) is 37.1 Å². The predicted molar refractivity (Wildman–Crippen MR) is 105 cm³/mol. The van der Waals surface area contributed by atoms with Crippen LogP contribution in [0.4, 0.5) is 13.2 Å². The summed E-state index contributed by atoms with van der Waals surface area (Å²) in [5, 5.41) is 0. The first-order valence-electron chi connectivity index (χ1n) is 9.35. The molecule has 0 bridgehead atoms. The van der Waals surface area contributed by atoms with Crippen LogP contribution in [-0.2, 0) is 23.0 Å². The lowest BCUT2D eigenvalue weighted by Gasteiger charge is -2.29. The SMILES string of the molecule is COc1cc2c(cc1OC)CN(CCCNS(=O)(=O)c1cc(F)c(F)cc1F)CC2. The molecular formula is C20H23F3N2O4S. The molecular weight excluding hydrogens is 421 g/mol. The molecule has 0 atom stereocenters. The fourth-order valence-electron chi connectivity index (χ4n) is 3.43. The number of sulfonamides is 1. The second-order valence-electron chi connectivity index (χ2n) is 6.95. The molecule has 6 nitrogen and oxygen atoms in total. The standard InChI is InChI=1S/C20H23F3N2O4S/c1-28-18-8-13-4-7-25(12-14(13)9-19(18)29-2)6-3-5-24-30(26,27)20-11-16(22)15(21)10-17(20)23/h8-11,24H,3-7,12H2,1-2H3. The van der Waals surface area contributed by atoms with Crippen molar-refractivity contribution in [2.75, 3.05) is 33.9 Å². The van der Waals surface area contributed by atoms with Gasteiger partial charge in [-0.1, -0.05) is 0 Å². The Bertz CT molecular complexity index is 1030. The largest absolute Gasteiger partial charge is 0.493 e. The lowest BCUT2D eigenvalue weighted by Crippen LogP contribution is -2.34. The molecule has 0 spiro atoms. The number of halogens is 3. The average molecular weight is 444 g/mol. The quantitative estimate of drug-likeness (QED) is 0.501. The lowest BCUT2D eigenvalue weighted by molar-refractivity contribution is 0.250. The predicted octanol–water partition coefficient (Wildman–Crippen LogP) is 2.85. The molecule has 2 aromatic rings. The maximum atomic E-state index is 13.7. The molecule has 164 valence electrons. The molecule has 1 N–H and O–H groups in total. The van der Waals surface area contributed by atoms with Gasteiger partial charge in [-0.05, 0) is 48.7 Å². The van der Waals surface area contributed by atoms with E-state index in [1.807, 2.05) is 12.1 Å². The molecule has 10 heteroatoms. The summed E-state index contributed by atoms with van der Waals surface area (Å²) >= 11 is 0. The molecule has 0 saturated heterocycles. The van der Waals surface area contributed by atoms with Crippen molar-refractivity contribution in [3.63, 3.8) is 0 Å². The smallest absolute Gasteiger partial charge is 0.243 e. The minimum absolute atomic E-state index is 0.0378. The molecule has 1 aliphatic rings. The summed E-state index contributed by atoms with van der Waals surface area (Å²) in [6.07, 6.45) is 1.29. The van der Waals surface area contributed by atoms with Crippen LogP contribution in [0.25, 0.3) is 0 Å². The van der Waals surface area contributed by atoms with E-state index in [1.165, 1.54) is 5.56 Å². The molecule has 1 aliphatic heterocycles. The van der Waals surface area contributed by atoms with Gasteiger partial charge >= 0.3 is 0 Å². The number of nitrogens with zero attached hydrogens (tertiary/aromatic N) is 1. The number of benzene rings is 2. The summed E-state index contributed by atoms with van der Waals surface area (Å²) in [6, 6.07) is 4.47. The molecule has 0 radical (unpaired) electrons. The Morgan fingerprint density at radius 2 is 1.60 bits per heavy atom. The number of methoxy groups -OCH3 is 2. The van der Waals surface area contributed by atoms with Gasteiger partial charge in [0.2, 0.25) is 10.0 Å². The van der Waals surface area contributed by atoms with Gasteiger partial charge in [0.1, 0.15) is 10.7 Å². The van der Waals surface area contributed by atoms with Gasteiger partial charge in [-0.25, -0.2) is 26.3 Å². The molecule has 0 unspecified atom stereocenters. The molecule has 30 heavy (non-hydrogen) atoms. The van der Waals surface area contributed by atoms with E-state index in [-0.39, 0.29) is 12.6 Å². The van der Waals surface area contributed by atoms with E-state index in [2.05, 4.69) is 9.62 Å². The highest BCUT2D eigenvalue weighted by atomic mass is 32.2. The Labute approximate surface area is 173 Å². The zero-order valence-corrected chi connectivity index (χ0v) is 17.5. The van der Waals surface area contributed by atoms with Crippen molar-refractivity contribution in [2.24, 2.45) is 0 Å². The second kappa shape index (κ2) is 9.23. The van der Waals surface area contributed by atoms with Crippen LogP contribution in [0.3, 0.4) is 0 Å². The van der Waals surface area contributed by atoms with Crippen LogP contribution in [0.2, 0.25) is 0 Å². The number of nitrogens with one attached hydrogen (secondary N) is 1. The minimum Gasteiger partial charge on any atom is -0.493 e. The highest BCUT2D eigenvalue weighted by molar-refractivity contribution is 7.89. The summed E-state index contributed by atoms with van der Waals surface area (Å²) in [5.74, 6) is -2.86. The van der Waals surface area contributed by atoms with E-state index in [1.54, 1.807) is 14.2 Å². The maximum absolute atomic E-state index is 13.7. The topological polar surface area (TPSA) is 67.9 Å². The number of hydrogen-bond donors (Lipinski definition) is 1. The normalized spacial score (nSPS) is 14.4. The van der Waals surface area contributed by atoms with Crippen molar-refractivity contribution in [2.45, 2.75) is 24.3 Å². The number of fused-ring (bicyclic) bond motifs is 1. The third-order valence-electron chi connectivity index (χ3n) is 5.00. The fourth-order valence-corrected chi connectivity index (χ4v) is 4.57. The van der Waals surface area contributed by atoms with E-state index in [4.69, 9.17) is 9.47 Å². The van der Waals surface area contributed by atoms with E-state index in [9.17, 15) is 21.6 Å². The summed E-state index contributed by atoms with van der Waals surface area (Å²) in [7, 11) is -1.11. The summed E-state index contributed by atoms with van der Waals surface area (Å²) in [5.41, 5.74) is 2.29. The number of rotatable bonds is 8. The van der Waals surface area contributed by atoms with Crippen LogP contribution in [-0.4, -0.2) is 47.2 Å². The van der Waals surface area contributed by atoms with Crippen molar-refractivity contribution in [1.82, 2.24) is 9.62 Å². The van der Waals surface area contributed by atoms with Gasteiger partial charge in [0.25, 0.3) is 0 Å². The molecule has 0 fully saturated rings. The Morgan fingerprint density at radius 1 is 0.967 bits per heavy atom. The summed E-state index contributed by atoms with van der Waals surface area (Å²) < 4.78 is 77.3. The van der Waals surface area contributed by atoms with Gasteiger partial charge in [0, 0.05) is 25.7 Å². The third kappa shape index (κ3) is 4.88. The van der Waals surface area contributed by atoms with Crippen LogP contribution in [0.5, 0.6) is 11.5 Å². The Kier molecular flexibility index (Phi) is 6.89. The van der Waals surface area contributed by atoms with Crippen molar-refractivity contribution in [3.05, 3.63) is 52.8 Å². The molecule has 1 heterocycles. The number of hydrogen-bond acceptors (Lipinski definition) is 5. The Morgan fingerprint density at radius 3 is 2.27 bits per heavy atom. The van der Waals surface area contributed by atoms with E-state index >= 15 is 0 Å². The Balaban J connectivity index is 1.56. The van der Waals surface area contributed by atoms with Gasteiger partial charge < -0.3 is 9.47 Å². The van der Waals surface area contributed by atoms with Crippen LogP contribution < -0.4 is 14.2 Å². The molecule has 2 aromatic carbocycles. The molecule has 3 rings (SSSR count). The first-order chi connectivity index (χ1) is 14.2. The van der Waals surface area contributed by atoms with Gasteiger partial charge in [0.15, 0.2) is 23.1 Å². The zero-order chi connectivity index (χ0) is 21.9. The zero-order valence-electron chi connectivity index (χ0n) is 16.7. The second-order valence-corrected chi connectivity index (χ2v) is 8.69. The third-order valence-corrected chi connectivity index (χ3v) is 6.48. The van der Waals surface area contributed by atoms with Crippen molar-refractivity contribution < 1.29 is 31.1 Å². The van der Waals surface area contributed by atoms with E-state index in [0.717, 1.165) is 18.5 Å². The number of ether oxygens (including phenoxy) is 2. The van der Waals surface area contributed by atoms with Gasteiger partial charge in [-0.2, -0.15) is 0 Å². The average Bonchev–Trinajstić information content (AvgIpc) is 2.72. The fraction of sp³-hybridized carbons (Fsp3) is 0.400. The van der Waals surface area contributed by atoms with Crippen molar-refractivity contribution >= 4 is 10.0 Å². The van der Waals surface area contributed by atoms with Gasteiger partial charge in [-0.3, -0.25) is 4.90 Å². The first kappa shape index (κ1) is 22.4. The van der Waals surface area contributed by atoms with E-state index < -0.39 is 32.4 Å². The summed E-state index contributed by atoms with van der Waals surface area (Å²) in [4.78, 5) is 1.26.